The van der Waals surface area contributed by atoms with E-state index in [1.807, 2.05) is 29.2 Å². The zero-order chi connectivity index (χ0) is 21.1. The molecule has 0 bridgehead atoms. The van der Waals surface area contributed by atoms with E-state index in [4.69, 9.17) is 23.2 Å². The van der Waals surface area contributed by atoms with Gasteiger partial charge < -0.3 is 20.4 Å². The number of carbonyl (C=O) groups is 2. The van der Waals surface area contributed by atoms with Gasteiger partial charge in [-0.05, 0) is 43.2 Å². The van der Waals surface area contributed by atoms with Gasteiger partial charge in [-0.15, -0.1) is 0 Å². The van der Waals surface area contributed by atoms with E-state index in [1.54, 1.807) is 12.3 Å². The van der Waals surface area contributed by atoms with Crippen LogP contribution in [0.3, 0.4) is 0 Å². The van der Waals surface area contributed by atoms with Gasteiger partial charge in [-0.2, -0.15) is 0 Å². The summed E-state index contributed by atoms with van der Waals surface area (Å²) >= 11 is 12.3. The fourth-order valence-corrected chi connectivity index (χ4v) is 4.27. The highest BCUT2D eigenvalue weighted by Crippen LogP contribution is 2.30. The fourth-order valence-electron chi connectivity index (χ4n) is 3.86. The monoisotopic (exact) mass is 447 g/mol. The van der Waals surface area contributed by atoms with Crippen molar-refractivity contribution in [3.63, 3.8) is 0 Å². The Bertz CT molecular complexity index is 929. The minimum atomic E-state index is -0.0576. The molecule has 0 aliphatic carbocycles. The molecule has 158 valence electrons. The molecule has 3 heterocycles. The van der Waals surface area contributed by atoms with Crippen molar-refractivity contribution in [3.8, 4) is 0 Å². The second-order valence-electron chi connectivity index (χ2n) is 7.52. The molecule has 0 atom stereocenters. The third-order valence-electron chi connectivity index (χ3n) is 5.50. The highest BCUT2D eigenvalue weighted by Gasteiger charge is 2.26. The van der Waals surface area contributed by atoms with E-state index in [-0.39, 0.29) is 24.3 Å². The molecule has 30 heavy (non-hydrogen) atoms. The highest BCUT2D eigenvalue weighted by molar-refractivity contribution is 6.33. The Balaban J connectivity index is 1.33. The molecule has 9 heteroatoms. The van der Waals surface area contributed by atoms with Crippen molar-refractivity contribution >= 4 is 52.2 Å². The first-order valence-corrected chi connectivity index (χ1v) is 10.7. The summed E-state index contributed by atoms with van der Waals surface area (Å²) in [6, 6.07) is 9.16. The number of halogens is 2. The molecule has 7 nitrogen and oxygen atoms in total. The molecule has 4 rings (SSSR count). The third kappa shape index (κ3) is 4.79. The minimum absolute atomic E-state index is 0.000109. The molecule has 2 aliphatic heterocycles. The van der Waals surface area contributed by atoms with Crippen LogP contribution in [0.4, 0.5) is 17.2 Å². The fraction of sp³-hybridized carbons (Fsp3) is 0.381. The first kappa shape index (κ1) is 20.8. The maximum atomic E-state index is 12.7. The molecule has 1 aromatic heterocycles. The van der Waals surface area contributed by atoms with Crippen molar-refractivity contribution in [1.29, 1.82) is 0 Å². The molecule has 0 saturated carbocycles. The second-order valence-corrected chi connectivity index (χ2v) is 8.37. The van der Waals surface area contributed by atoms with E-state index in [1.165, 1.54) is 0 Å². The quantitative estimate of drug-likeness (QED) is 0.752. The van der Waals surface area contributed by atoms with Crippen LogP contribution < -0.4 is 20.4 Å². The first-order valence-electron chi connectivity index (χ1n) is 9.98. The third-order valence-corrected chi connectivity index (χ3v) is 6.02. The summed E-state index contributed by atoms with van der Waals surface area (Å²) in [4.78, 5) is 32.8. The van der Waals surface area contributed by atoms with E-state index in [0.717, 1.165) is 37.4 Å². The molecule has 2 aromatic rings. The molecule has 2 fully saturated rings. The minimum Gasteiger partial charge on any atom is -0.359 e. The van der Waals surface area contributed by atoms with Gasteiger partial charge in [-0.3, -0.25) is 9.59 Å². The molecule has 0 spiro atoms. The maximum Gasteiger partial charge on any atom is 0.239 e. The van der Waals surface area contributed by atoms with Crippen molar-refractivity contribution in [2.45, 2.75) is 12.8 Å². The summed E-state index contributed by atoms with van der Waals surface area (Å²) in [6.07, 6.45) is 3.15. The molecular formula is C21H23Cl2N5O2. The number of nitrogens with one attached hydrogen (secondary N) is 2. The van der Waals surface area contributed by atoms with E-state index in [0.29, 0.717) is 28.8 Å². The first-order chi connectivity index (χ1) is 14.5. The number of pyridine rings is 1. The van der Waals surface area contributed by atoms with Crippen LogP contribution in [0, 0.1) is 5.92 Å². The van der Waals surface area contributed by atoms with Crippen LogP contribution >= 0.6 is 23.2 Å². The number of nitrogens with zero attached hydrogens (tertiary/aromatic N) is 3. The van der Waals surface area contributed by atoms with E-state index >= 15 is 0 Å². The van der Waals surface area contributed by atoms with Crippen LogP contribution in [0.25, 0.3) is 0 Å². The average molecular weight is 448 g/mol. The number of amides is 2. The van der Waals surface area contributed by atoms with Gasteiger partial charge in [-0.1, -0.05) is 23.2 Å². The number of benzene rings is 1. The smallest absolute Gasteiger partial charge is 0.239 e. The zero-order valence-electron chi connectivity index (χ0n) is 16.4. The van der Waals surface area contributed by atoms with Gasteiger partial charge >= 0.3 is 0 Å². The normalized spacial score (nSPS) is 17.6. The van der Waals surface area contributed by atoms with Gasteiger partial charge in [0.1, 0.15) is 5.82 Å². The Morgan fingerprint density at radius 3 is 2.57 bits per heavy atom. The van der Waals surface area contributed by atoms with Crippen LogP contribution in [0.5, 0.6) is 0 Å². The topological polar surface area (TPSA) is 77.6 Å². The summed E-state index contributed by atoms with van der Waals surface area (Å²) in [7, 11) is 0. The molecule has 2 N–H and O–H groups in total. The molecule has 0 unspecified atom stereocenters. The lowest BCUT2D eigenvalue weighted by Crippen LogP contribution is -2.47. The number of aromatic nitrogens is 1. The van der Waals surface area contributed by atoms with Gasteiger partial charge in [-0.25, -0.2) is 4.98 Å². The Hall–Kier alpha value is -2.51. The van der Waals surface area contributed by atoms with Crippen molar-refractivity contribution < 1.29 is 9.59 Å². The molecule has 2 amide bonds. The van der Waals surface area contributed by atoms with E-state index in [9.17, 15) is 9.59 Å². The van der Waals surface area contributed by atoms with Crippen LogP contribution in [-0.4, -0.2) is 49.5 Å². The Labute approximate surface area is 185 Å². The molecular weight excluding hydrogens is 425 g/mol. The van der Waals surface area contributed by atoms with Crippen molar-refractivity contribution in [1.82, 2.24) is 10.3 Å². The Kier molecular flexibility index (Phi) is 6.29. The lowest BCUT2D eigenvalue weighted by molar-refractivity contribution is -0.121. The van der Waals surface area contributed by atoms with Crippen LogP contribution in [0.1, 0.15) is 12.8 Å². The molecule has 2 saturated heterocycles. The van der Waals surface area contributed by atoms with Gasteiger partial charge in [0.05, 0.1) is 22.3 Å². The predicted octanol–water partition coefficient (Wildman–Crippen LogP) is 3.18. The summed E-state index contributed by atoms with van der Waals surface area (Å²) in [5.41, 5.74) is 1.46. The largest absolute Gasteiger partial charge is 0.359 e. The SMILES string of the molecule is O=C1CN(c2ccc(NC(=O)C3CCN(c4ccc(Cl)cn4)CC3)cc2Cl)CCN1. The Morgan fingerprint density at radius 1 is 1.10 bits per heavy atom. The number of anilines is 3. The van der Waals surface area contributed by atoms with Crippen molar-refractivity contribution in [3.05, 3.63) is 46.6 Å². The number of piperazine rings is 1. The van der Waals surface area contributed by atoms with Gasteiger partial charge in [0.15, 0.2) is 0 Å². The van der Waals surface area contributed by atoms with Crippen molar-refractivity contribution in [2.24, 2.45) is 5.92 Å². The summed E-state index contributed by atoms with van der Waals surface area (Å²) < 4.78 is 0. The average Bonchev–Trinajstić information content (AvgIpc) is 2.74. The van der Waals surface area contributed by atoms with E-state index < -0.39 is 0 Å². The second kappa shape index (κ2) is 9.10. The number of hydrogen-bond acceptors (Lipinski definition) is 5. The summed E-state index contributed by atoms with van der Waals surface area (Å²) in [6.45, 7) is 3.12. The highest BCUT2D eigenvalue weighted by atomic mass is 35.5. The number of carbonyl (C=O) groups excluding carboxylic acids is 2. The Morgan fingerprint density at radius 2 is 1.90 bits per heavy atom. The standard InChI is InChI=1S/C21H23Cl2N5O2/c22-15-1-4-19(25-12-15)27-8-5-14(6-9-27)21(30)26-16-2-3-18(17(23)11-16)28-10-7-24-20(29)13-28/h1-4,11-12,14H,5-10,13H2,(H,24,29)(H,26,30). The molecule has 0 radical (unpaired) electrons. The summed E-state index contributed by atoms with van der Waals surface area (Å²) in [5, 5.41) is 6.91. The maximum absolute atomic E-state index is 12.7. The van der Waals surface area contributed by atoms with Crippen LogP contribution in [0.15, 0.2) is 36.5 Å². The summed E-state index contributed by atoms with van der Waals surface area (Å²) in [5.74, 6) is 0.805. The molecule has 2 aliphatic rings. The molecule has 1 aromatic carbocycles. The predicted molar refractivity (Wildman–Crippen MR) is 119 cm³/mol. The lowest BCUT2D eigenvalue weighted by atomic mass is 9.95. The zero-order valence-corrected chi connectivity index (χ0v) is 17.9. The number of hydrogen-bond donors (Lipinski definition) is 2. The number of rotatable bonds is 4. The van der Waals surface area contributed by atoms with Gasteiger partial charge in [0, 0.05) is 44.0 Å². The van der Waals surface area contributed by atoms with Gasteiger partial charge in [0.25, 0.3) is 0 Å². The van der Waals surface area contributed by atoms with Crippen molar-refractivity contribution in [2.75, 3.05) is 47.8 Å². The number of piperidine rings is 1. The van der Waals surface area contributed by atoms with Crippen LogP contribution in [0.2, 0.25) is 10.0 Å². The van der Waals surface area contributed by atoms with Crippen LogP contribution in [-0.2, 0) is 9.59 Å². The lowest BCUT2D eigenvalue weighted by Gasteiger charge is -2.32. The van der Waals surface area contributed by atoms with Gasteiger partial charge in [0.2, 0.25) is 11.8 Å². The van der Waals surface area contributed by atoms with E-state index in [2.05, 4.69) is 20.5 Å².